The Bertz CT molecular complexity index is 374. The highest BCUT2D eigenvalue weighted by molar-refractivity contribution is 5.94. The third-order valence-corrected chi connectivity index (χ3v) is 1.94. The molecule has 4 nitrogen and oxygen atoms in total. The number of anilines is 1. The molecule has 0 bridgehead atoms. The minimum absolute atomic E-state index is 0.00288. The van der Waals surface area contributed by atoms with Crippen LogP contribution in [0.2, 0.25) is 0 Å². The van der Waals surface area contributed by atoms with E-state index in [9.17, 15) is 9.59 Å². The molecule has 0 radical (unpaired) electrons. The molecular weight excluding hydrogens is 194 g/mol. The maximum Gasteiger partial charge on any atom is 0.305 e. The summed E-state index contributed by atoms with van der Waals surface area (Å²) in [4.78, 5) is 21.3. The highest BCUT2D eigenvalue weighted by Crippen LogP contribution is 2.10. The van der Waals surface area contributed by atoms with E-state index in [2.05, 4.69) is 5.32 Å². The highest BCUT2D eigenvalue weighted by Gasteiger charge is 2.00. The Labute approximate surface area is 87.9 Å². The Morgan fingerprint density at radius 2 is 2.13 bits per heavy atom. The summed E-state index contributed by atoms with van der Waals surface area (Å²) in [6.45, 7) is 1.85. The summed E-state index contributed by atoms with van der Waals surface area (Å²) in [5.41, 5.74) is 1.39. The molecule has 0 fully saturated rings. The number of benzene rings is 1. The van der Waals surface area contributed by atoms with Crippen molar-refractivity contribution in [3.8, 4) is 0 Å². The van der Waals surface area contributed by atoms with Crippen LogP contribution in [0.25, 0.3) is 0 Å². The maximum absolute atomic E-state index is 11.1. The van der Waals surface area contributed by atoms with E-state index in [1.165, 1.54) is 6.92 Å². The standard InChI is InChI=1S/C11H13NO3/c1-8(13)9-3-2-4-10(7-9)12-6-5-11(14)15/h2-4,7,12H,5-6H2,1H3,(H,14,15). The van der Waals surface area contributed by atoms with Crippen LogP contribution in [0.4, 0.5) is 5.69 Å². The van der Waals surface area contributed by atoms with Crippen LogP contribution in [-0.4, -0.2) is 23.4 Å². The van der Waals surface area contributed by atoms with Crippen molar-refractivity contribution in [2.24, 2.45) is 0 Å². The summed E-state index contributed by atoms with van der Waals surface area (Å²) in [6.07, 6.45) is 0.0598. The zero-order chi connectivity index (χ0) is 11.3. The number of nitrogens with one attached hydrogen (secondary N) is 1. The summed E-state index contributed by atoms with van der Waals surface area (Å²) in [6, 6.07) is 7.00. The van der Waals surface area contributed by atoms with E-state index in [1.807, 2.05) is 0 Å². The third-order valence-electron chi connectivity index (χ3n) is 1.94. The van der Waals surface area contributed by atoms with Gasteiger partial charge >= 0.3 is 5.97 Å². The molecule has 15 heavy (non-hydrogen) atoms. The summed E-state index contributed by atoms with van der Waals surface area (Å²) < 4.78 is 0. The van der Waals surface area contributed by atoms with E-state index >= 15 is 0 Å². The number of carboxylic acids is 1. The van der Waals surface area contributed by atoms with Crippen molar-refractivity contribution in [1.82, 2.24) is 0 Å². The SMILES string of the molecule is CC(=O)c1cccc(NCCC(=O)O)c1. The Morgan fingerprint density at radius 1 is 1.40 bits per heavy atom. The molecular formula is C11H13NO3. The molecule has 1 rings (SSSR count). The average molecular weight is 207 g/mol. The number of hydrogen-bond donors (Lipinski definition) is 2. The van der Waals surface area contributed by atoms with Crippen molar-refractivity contribution in [1.29, 1.82) is 0 Å². The highest BCUT2D eigenvalue weighted by atomic mass is 16.4. The molecule has 1 aromatic carbocycles. The number of ketones is 1. The lowest BCUT2D eigenvalue weighted by molar-refractivity contribution is -0.136. The van der Waals surface area contributed by atoms with E-state index in [0.29, 0.717) is 12.1 Å². The number of carbonyl (C=O) groups excluding carboxylic acids is 1. The van der Waals surface area contributed by atoms with Gasteiger partial charge < -0.3 is 10.4 Å². The Morgan fingerprint density at radius 3 is 2.73 bits per heavy atom. The molecule has 0 aliphatic rings. The molecule has 2 N–H and O–H groups in total. The molecule has 0 atom stereocenters. The predicted octanol–water partition coefficient (Wildman–Crippen LogP) is 1.78. The van der Waals surface area contributed by atoms with E-state index in [0.717, 1.165) is 5.69 Å². The van der Waals surface area contributed by atoms with E-state index < -0.39 is 5.97 Å². The summed E-state index contributed by atoms with van der Waals surface area (Å²) in [5.74, 6) is -0.845. The van der Waals surface area contributed by atoms with Crippen LogP contribution < -0.4 is 5.32 Å². The molecule has 0 saturated heterocycles. The lowest BCUT2D eigenvalue weighted by Gasteiger charge is -2.05. The second kappa shape index (κ2) is 5.14. The van der Waals surface area contributed by atoms with Crippen LogP contribution in [0.3, 0.4) is 0 Å². The first-order valence-electron chi connectivity index (χ1n) is 4.66. The Balaban J connectivity index is 2.58. The summed E-state index contributed by atoms with van der Waals surface area (Å²) in [5, 5.41) is 11.4. The minimum atomic E-state index is -0.842. The third kappa shape index (κ3) is 3.81. The van der Waals surface area contributed by atoms with Gasteiger partial charge in [-0.15, -0.1) is 0 Å². The number of carboxylic acid groups (broad SMARTS) is 1. The van der Waals surface area contributed by atoms with Crippen LogP contribution in [0.1, 0.15) is 23.7 Å². The zero-order valence-corrected chi connectivity index (χ0v) is 8.49. The predicted molar refractivity (Wildman–Crippen MR) is 57.2 cm³/mol. The number of rotatable bonds is 5. The molecule has 1 aromatic rings. The van der Waals surface area contributed by atoms with Crippen molar-refractivity contribution < 1.29 is 14.7 Å². The average Bonchev–Trinajstić information content (AvgIpc) is 2.17. The molecule has 0 aliphatic carbocycles. The fraction of sp³-hybridized carbons (Fsp3) is 0.273. The first-order chi connectivity index (χ1) is 7.09. The molecule has 0 amide bonds. The molecule has 4 heteroatoms. The van der Waals surface area contributed by atoms with Gasteiger partial charge in [-0.2, -0.15) is 0 Å². The van der Waals surface area contributed by atoms with Gasteiger partial charge in [-0.05, 0) is 19.1 Å². The zero-order valence-electron chi connectivity index (χ0n) is 8.49. The van der Waals surface area contributed by atoms with Gasteiger partial charge in [0, 0.05) is 17.8 Å². The van der Waals surface area contributed by atoms with Crippen LogP contribution in [0, 0.1) is 0 Å². The smallest absolute Gasteiger partial charge is 0.305 e. The quantitative estimate of drug-likeness (QED) is 0.722. The number of carbonyl (C=O) groups is 2. The second-order valence-corrected chi connectivity index (χ2v) is 3.21. The van der Waals surface area contributed by atoms with Crippen molar-refractivity contribution in [2.45, 2.75) is 13.3 Å². The molecule has 0 saturated carbocycles. The number of aliphatic carboxylic acids is 1. The molecule has 0 spiro atoms. The van der Waals surface area contributed by atoms with Crippen molar-refractivity contribution in [3.05, 3.63) is 29.8 Å². The van der Waals surface area contributed by atoms with Gasteiger partial charge in [0.05, 0.1) is 6.42 Å². The second-order valence-electron chi connectivity index (χ2n) is 3.21. The fourth-order valence-corrected chi connectivity index (χ4v) is 1.16. The normalized spacial score (nSPS) is 9.67. The first-order valence-corrected chi connectivity index (χ1v) is 4.66. The maximum atomic E-state index is 11.1. The summed E-state index contributed by atoms with van der Waals surface area (Å²) >= 11 is 0. The monoisotopic (exact) mass is 207 g/mol. The van der Waals surface area contributed by atoms with Gasteiger partial charge in [0.15, 0.2) is 5.78 Å². The van der Waals surface area contributed by atoms with Gasteiger partial charge in [-0.1, -0.05) is 12.1 Å². The van der Waals surface area contributed by atoms with Crippen molar-refractivity contribution in [2.75, 3.05) is 11.9 Å². The fourth-order valence-electron chi connectivity index (χ4n) is 1.16. The Hall–Kier alpha value is -1.84. The van der Waals surface area contributed by atoms with Crippen molar-refractivity contribution >= 4 is 17.4 Å². The number of hydrogen-bond acceptors (Lipinski definition) is 3. The molecule has 0 aliphatic heterocycles. The van der Waals surface area contributed by atoms with Gasteiger partial charge in [0.25, 0.3) is 0 Å². The van der Waals surface area contributed by atoms with E-state index in [4.69, 9.17) is 5.11 Å². The van der Waals surface area contributed by atoms with Crippen LogP contribution in [0.15, 0.2) is 24.3 Å². The molecule has 80 valence electrons. The molecule has 0 heterocycles. The largest absolute Gasteiger partial charge is 0.481 e. The van der Waals surface area contributed by atoms with Crippen LogP contribution in [-0.2, 0) is 4.79 Å². The molecule has 0 unspecified atom stereocenters. The molecule has 0 aromatic heterocycles. The van der Waals surface area contributed by atoms with Crippen molar-refractivity contribution in [3.63, 3.8) is 0 Å². The lowest BCUT2D eigenvalue weighted by Crippen LogP contribution is -2.07. The van der Waals surface area contributed by atoms with Crippen LogP contribution in [0.5, 0.6) is 0 Å². The minimum Gasteiger partial charge on any atom is -0.481 e. The Kier molecular flexibility index (Phi) is 3.85. The van der Waals surface area contributed by atoms with E-state index in [1.54, 1.807) is 24.3 Å². The number of Topliss-reactive ketones (excluding diaryl/α,β-unsaturated/α-hetero) is 1. The first kappa shape index (κ1) is 11.2. The summed E-state index contributed by atoms with van der Waals surface area (Å²) in [7, 11) is 0. The van der Waals surface area contributed by atoms with E-state index in [-0.39, 0.29) is 12.2 Å². The van der Waals surface area contributed by atoms with Gasteiger partial charge in [0.1, 0.15) is 0 Å². The van der Waals surface area contributed by atoms with Crippen LogP contribution >= 0.6 is 0 Å². The van der Waals surface area contributed by atoms with Gasteiger partial charge in [-0.3, -0.25) is 9.59 Å². The lowest BCUT2D eigenvalue weighted by atomic mass is 10.1. The van der Waals surface area contributed by atoms with Gasteiger partial charge in [-0.25, -0.2) is 0 Å². The topological polar surface area (TPSA) is 66.4 Å². The van der Waals surface area contributed by atoms with Gasteiger partial charge in [0.2, 0.25) is 0 Å².